The summed E-state index contributed by atoms with van der Waals surface area (Å²) in [6.45, 7) is 4.64. The van der Waals surface area contributed by atoms with Gasteiger partial charge in [0, 0.05) is 12.6 Å². The number of benzene rings is 1. The molecule has 0 heterocycles. The van der Waals surface area contributed by atoms with E-state index in [0.717, 1.165) is 0 Å². The standard InChI is InChI=1S/C13H19FN2O2/c1-10(2)16-13(17)15-8-5-9-18-12-7-4-3-6-11(12)14/h3-4,6-7,10H,5,8-9H2,1-2H3,(H2,15,16,17). The molecule has 0 saturated carbocycles. The lowest BCUT2D eigenvalue weighted by Gasteiger charge is -2.10. The highest BCUT2D eigenvalue weighted by Gasteiger charge is 2.02. The molecule has 18 heavy (non-hydrogen) atoms. The Morgan fingerprint density at radius 2 is 2.11 bits per heavy atom. The average molecular weight is 254 g/mol. The van der Waals surface area contributed by atoms with Gasteiger partial charge >= 0.3 is 6.03 Å². The minimum Gasteiger partial charge on any atom is -0.490 e. The third kappa shape index (κ3) is 5.52. The van der Waals surface area contributed by atoms with Gasteiger partial charge in [0.2, 0.25) is 0 Å². The highest BCUT2D eigenvalue weighted by molar-refractivity contribution is 5.73. The largest absolute Gasteiger partial charge is 0.490 e. The van der Waals surface area contributed by atoms with Gasteiger partial charge in [-0.25, -0.2) is 9.18 Å². The second-order valence-electron chi connectivity index (χ2n) is 4.19. The van der Waals surface area contributed by atoms with Gasteiger partial charge < -0.3 is 15.4 Å². The van der Waals surface area contributed by atoms with Crippen molar-refractivity contribution < 1.29 is 13.9 Å². The highest BCUT2D eigenvalue weighted by Crippen LogP contribution is 2.15. The van der Waals surface area contributed by atoms with Crippen LogP contribution in [0.4, 0.5) is 9.18 Å². The van der Waals surface area contributed by atoms with Crippen molar-refractivity contribution in [3.63, 3.8) is 0 Å². The first-order chi connectivity index (χ1) is 8.59. The maximum absolute atomic E-state index is 13.2. The van der Waals surface area contributed by atoms with Crippen molar-refractivity contribution >= 4 is 6.03 Å². The number of carbonyl (C=O) groups is 1. The Balaban J connectivity index is 2.12. The van der Waals surface area contributed by atoms with Crippen molar-refractivity contribution in [3.8, 4) is 5.75 Å². The molecule has 0 atom stereocenters. The van der Waals surface area contributed by atoms with Crippen LogP contribution in [0.3, 0.4) is 0 Å². The van der Waals surface area contributed by atoms with Gasteiger partial charge in [0.05, 0.1) is 6.61 Å². The van der Waals surface area contributed by atoms with Crippen LogP contribution in [0.5, 0.6) is 5.75 Å². The molecule has 0 saturated heterocycles. The summed E-state index contributed by atoms with van der Waals surface area (Å²) in [5.41, 5.74) is 0. The number of rotatable bonds is 6. The van der Waals surface area contributed by atoms with E-state index in [0.29, 0.717) is 19.6 Å². The first-order valence-corrected chi connectivity index (χ1v) is 6.01. The van der Waals surface area contributed by atoms with Gasteiger partial charge in [0.25, 0.3) is 0 Å². The SMILES string of the molecule is CC(C)NC(=O)NCCCOc1ccccc1F. The van der Waals surface area contributed by atoms with Gasteiger partial charge in [-0.05, 0) is 32.4 Å². The maximum atomic E-state index is 13.2. The number of ether oxygens (including phenoxy) is 1. The number of hydrogen-bond acceptors (Lipinski definition) is 2. The molecular formula is C13H19FN2O2. The summed E-state index contributed by atoms with van der Waals surface area (Å²) in [6.07, 6.45) is 0.625. The molecule has 0 fully saturated rings. The summed E-state index contributed by atoms with van der Waals surface area (Å²) in [5.74, 6) is -0.132. The van der Waals surface area contributed by atoms with Crippen molar-refractivity contribution in [1.82, 2.24) is 10.6 Å². The van der Waals surface area contributed by atoms with E-state index in [2.05, 4.69) is 10.6 Å². The molecule has 0 aliphatic carbocycles. The van der Waals surface area contributed by atoms with Crippen molar-refractivity contribution in [2.24, 2.45) is 0 Å². The molecule has 0 unspecified atom stereocenters. The van der Waals surface area contributed by atoms with Crippen molar-refractivity contribution in [2.45, 2.75) is 26.3 Å². The third-order valence-corrected chi connectivity index (χ3v) is 2.12. The first-order valence-electron chi connectivity index (χ1n) is 6.01. The molecule has 0 radical (unpaired) electrons. The Morgan fingerprint density at radius 1 is 1.39 bits per heavy atom. The van der Waals surface area contributed by atoms with Crippen LogP contribution in [0, 0.1) is 5.82 Å². The fraction of sp³-hybridized carbons (Fsp3) is 0.462. The quantitative estimate of drug-likeness (QED) is 0.765. The van der Waals surface area contributed by atoms with Crippen LogP contribution in [0.1, 0.15) is 20.3 Å². The molecule has 2 N–H and O–H groups in total. The van der Waals surface area contributed by atoms with E-state index < -0.39 is 0 Å². The van der Waals surface area contributed by atoms with E-state index in [1.165, 1.54) is 6.07 Å². The lowest BCUT2D eigenvalue weighted by atomic mass is 10.3. The predicted molar refractivity (Wildman–Crippen MR) is 68.2 cm³/mol. The highest BCUT2D eigenvalue weighted by atomic mass is 19.1. The molecule has 0 aliphatic heterocycles. The normalized spacial score (nSPS) is 10.2. The summed E-state index contributed by atoms with van der Waals surface area (Å²) < 4.78 is 18.4. The lowest BCUT2D eigenvalue weighted by molar-refractivity contribution is 0.236. The Morgan fingerprint density at radius 3 is 2.78 bits per heavy atom. The van der Waals surface area contributed by atoms with E-state index in [1.807, 2.05) is 13.8 Å². The monoisotopic (exact) mass is 254 g/mol. The molecule has 0 bridgehead atoms. The lowest BCUT2D eigenvalue weighted by Crippen LogP contribution is -2.40. The molecule has 1 rings (SSSR count). The molecule has 5 heteroatoms. The van der Waals surface area contributed by atoms with Gasteiger partial charge in [-0.1, -0.05) is 12.1 Å². The van der Waals surface area contributed by atoms with Crippen molar-refractivity contribution in [3.05, 3.63) is 30.1 Å². The van der Waals surface area contributed by atoms with Gasteiger partial charge in [-0.3, -0.25) is 0 Å². The number of halogens is 1. The number of hydrogen-bond donors (Lipinski definition) is 2. The number of para-hydroxylation sites is 1. The van der Waals surface area contributed by atoms with Gasteiger partial charge in [-0.2, -0.15) is 0 Å². The van der Waals surface area contributed by atoms with Gasteiger partial charge in [0.1, 0.15) is 0 Å². The van der Waals surface area contributed by atoms with Gasteiger partial charge in [0.15, 0.2) is 11.6 Å². The number of amides is 2. The van der Waals surface area contributed by atoms with Crippen molar-refractivity contribution in [1.29, 1.82) is 0 Å². The van der Waals surface area contributed by atoms with E-state index in [9.17, 15) is 9.18 Å². The molecule has 0 aromatic heterocycles. The Kier molecular flexibility index (Phi) is 5.97. The Labute approximate surface area is 107 Å². The van der Waals surface area contributed by atoms with Crippen LogP contribution in [-0.2, 0) is 0 Å². The minimum atomic E-state index is -0.372. The van der Waals surface area contributed by atoms with E-state index in [-0.39, 0.29) is 23.6 Å². The van der Waals surface area contributed by atoms with Crippen LogP contribution in [-0.4, -0.2) is 25.2 Å². The summed E-state index contributed by atoms with van der Waals surface area (Å²) in [5, 5.41) is 5.40. The second-order valence-corrected chi connectivity index (χ2v) is 4.19. The first kappa shape index (κ1) is 14.3. The molecule has 0 spiro atoms. The third-order valence-electron chi connectivity index (χ3n) is 2.12. The maximum Gasteiger partial charge on any atom is 0.314 e. The van der Waals surface area contributed by atoms with E-state index in [4.69, 9.17) is 4.74 Å². The van der Waals surface area contributed by atoms with Crippen LogP contribution in [0.15, 0.2) is 24.3 Å². The smallest absolute Gasteiger partial charge is 0.314 e. The molecule has 4 nitrogen and oxygen atoms in total. The molecule has 1 aromatic rings. The van der Waals surface area contributed by atoms with Crippen LogP contribution < -0.4 is 15.4 Å². The zero-order valence-corrected chi connectivity index (χ0v) is 10.7. The van der Waals surface area contributed by atoms with Gasteiger partial charge in [-0.15, -0.1) is 0 Å². The summed E-state index contributed by atoms with van der Waals surface area (Å²) in [6, 6.07) is 6.17. The van der Waals surface area contributed by atoms with E-state index >= 15 is 0 Å². The van der Waals surface area contributed by atoms with E-state index in [1.54, 1.807) is 18.2 Å². The number of nitrogens with one attached hydrogen (secondary N) is 2. The van der Waals surface area contributed by atoms with Crippen LogP contribution >= 0.6 is 0 Å². The second kappa shape index (κ2) is 7.53. The Bertz CT molecular complexity index is 383. The number of urea groups is 1. The average Bonchev–Trinajstić information content (AvgIpc) is 2.30. The topological polar surface area (TPSA) is 50.4 Å². The number of carbonyl (C=O) groups excluding carboxylic acids is 1. The predicted octanol–water partition coefficient (Wildman–Crippen LogP) is 2.30. The zero-order chi connectivity index (χ0) is 13.4. The van der Waals surface area contributed by atoms with Crippen LogP contribution in [0.25, 0.3) is 0 Å². The minimum absolute atomic E-state index is 0.111. The molecule has 100 valence electrons. The summed E-state index contributed by atoms with van der Waals surface area (Å²) in [7, 11) is 0. The zero-order valence-electron chi connectivity index (χ0n) is 10.7. The van der Waals surface area contributed by atoms with Crippen molar-refractivity contribution in [2.75, 3.05) is 13.2 Å². The molecule has 2 amide bonds. The molecule has 1 aromatic carbocycles. The Hall–Kier alpha value is -1.78. The fourth-order valence-corrected chi connectivity index (χ4v) is 1.33. The fourth-order valence-electron chi connectivity index (χ4n) is 1.33. The molecule has 0 aliphatic rings. The summed E-state index contributed by atoms with van der Waals surface area (Å²) >= 11 is 0. The van der Waals surface area contributed by atoms with Crippen LogP contribution in [0.2, 0.25) is 0 Å². The summed E-state index contributed by atoms with van der Waals surface area (Å²) in [4.78, 5) is 11.2. The molecular weight excluding hydrogens is 235 g/mol.